The molecule has 2 heterocycles. The van der Waals surface area contributed by atoms with Gasteiger partial charge < -0.3 is 10.3 Å². The van der Waals surface area contributed by atoms with E-state index in [4.69, 9.17) is 11.6 Å². The Hall–Kier alpha value is -1.39. The smallest absolute Gasteiger partial charge is 0.151 e. The highest BCUT2D eigenvalue weighted by molar-refractivity contribution is 6.30. The van der Waals surface area contributed by atoms with E-state index >= 15 is 0 Å². The number of nitrogens with one attached hydrogen (secondary N) is 2. The fourth-order valence-electron chi connectivity index (χ4n) is 1.85. The quantitative estimate of drug-likeness (QED) is 0.818. The van der Waals surface area contributed by atoms with Gasteiger partial charge in [0.1, 0.15) is 5.82 Å². The number of nitrogens with zero attached hydrogens (tertiary/aromatic N) is 2. The summed E-state index contributed by atoms with van der Waals surface area (Å²) < 4.78 is 0. The molecule has 0 amide bonds. The molecule has 102 valence electrons. The molecule has 5 heteroatoms. The third kappa shape index (κ3) is 4.33. The van der Waals surface area contributed by atoms with Crippen LogP contribution in [-0.2, 0) is 19.5 Å². The van der Waals surface area contributed by atoms with E-state index in [0.717, 1.165) is 37.3 Å². The van der Waals surface area contributed by atoms with E-state index in [1.165, 1.54) is 5.56 Å². The van der Waals surface area contributed by atoms with Crippen LogP contribution in [0, 0.1) is 0 Å². The zero-order valence-electron chi connectivity index (χ0n) is 11.1. The van der Waals surface area contributed by atoms with Gasteiger partial charge in [0, 0.05) is 31.9 Å². The summed E-state index contributed by atoms with van der Waals surface area (Å²) in [5.41, 5.74) is 2.17. The van der Waals surface area contributed by atoms with Crippen molar-refractivity contribution in [1.82, 2.24) is 20.3 Å². The van der Waals surface area contributed by atoms with Crippen LogP contribution in [0.4, 0.5) is 0 Å². The molecule has 0 spiro atoms. The van der Waals surface area contributed by atoms with Crippen molar-refractivity contribution in [2.24, 2.45) is 0 Å². The average molecular weight is 279 g/mol. The minimum atomic E-state index is 0.577. The number of imidazole rings is 1. The Kier molecular flexibility index (Phi) is 5.36. The van der Waals surface area contributed by atoms with Crippen molar-refractivity contribution in [3.8, 4) is 0 Å². The number of aryl methyl sites for hydroxylation is 1. The van der Waals surface area contributed by atoms with Gasteiger partial charge in [-0.25, -0.2) is 4.98 Å². The lowest BCUT2D eigenvalue weighted by atomic mass is 10.2. The molecule has 19 heavy (non-hydrogen) atoms. The van der Waals surface area contributed by atoms with Crippen LogP contribution in [0.5, 0.6) is 0 Å². The predicted octanol–water partition coefficient (Wildman–Crippen LogP) is 3.09. The zero-order valence-corrected chi connectivity index (χ0v) is 11.9. The van der Waals surface area contributed by atoms with E-state index in [0.29, 0.717) is 11.7 Å². The molecule has 0 saturated heterocycles. The minimum Gasteiger partial charge on any atom is -0.344 e. The van der Waals surface area contributed by atoms with Crippen molar-refractivity contribution in [1.29, 1.82) is 0 Å². The van der Waals surface area contributed by atoms with E-state index in [2.05, 4.69) is 27.2 Å². The molecule has 0 atom stereocenters. The van der Waals surface area contributed by atoms with Crippen molar-refractivity contribution in [3.05, 3.63) is 46.8 Å². The third-order valence-corrected chi connectivity index (χ3v) is 3.24. The second kappa shape index (κ2) is 7.26. The maximum Gasteiger partial charge on any atom is 0.151 e. The van der Waals surface area contributed by atoms with Gasteiger partial charge in [0.15, 0.2) is 5.15 Å². The van der Waals surface area contributed by atoms with E-state index < -0.39 is 0 Å². The normalized spacial score (nSPS) is 10.8. The van der Waals surface area contributed by atoms with Crippen LogP contribution in [0.2, 0.25) is 5.15 Å². The number of unbranched alkanes of at least 4 members (excludes halogenated alkanes) is 1. The number of hydrogen-bond donors (Lipinski definition) is 2. The Morgan fingerprint density at radius 1 is 1.26 bits per heavy atom. The lowest BCUT2D eigenvalue weighted by Gasteiger charge is -2.03. The Labute approximate surface area is 118 Å². The van der Waals surface area contributed by atoms with Gasteiger partial charge in [-0.15, -0.1) is 0 Å². The van der Waals surface area contributed by atoms with Crippen LogP contribution >= 0.6 is 11.6 Å². The fourth-order valence-corrected chi connectivity index (χ4v) is 2.07. The molecule has 0 saturated carbocycles. The molecule has 0 fully saturated rings. The van der Waals surface area contributed by atoms with Crippen LogP contribution in [0.3, 0.4) is 0 Å². The summed E-state index contributed by atoms with van der Waals surface area (Å²) in [5.74, 6) is 0.979. The highest BCUT2D eigenvalue weighted by Crippen LogP contribution is 2.14. The van der Waals surface area contributed by atoms with Crippen LogP contribution < -0.4 is 5.32 Å². The topological polar surface area (TPSA) is 53.6 Å². The summed E-state index contributed by atoms with van der Waals surface area (Å²) in [7, 11) is 0. The van der Waals surface area contributed by atoms with Gasteiger partial charge in [-0.2, -0.15) is 0 Å². The summed E-state index contributed by atoms with van der Waals surface area (Å²) in [6.45, 7) is 3.66. The Bertz CT molecular complexity index is 495. The zero-order chi connectivity index (χ0) is 13.5. The molecule has 0 aliphatic heterocycles. The van der Waals surface area contributed by atoms with Crippen LogP contribution in [0.1, 0.15) is 36.8 Å². The number of pyridine rings is 1. The molecule has 2 aromatic rings. The maximum absolute atomic E-state index is 6.11. The highest BCUT2D eigenvalue weighted by Gasteiger charge is 2.07. The molecule has 2 aromatic heterocycles. The molecular formula is C14H19ClN4. The fraction of sp³-hybridized carbons (Fsp3) is 0.429. The standard InChI is InChI=1S/C14H19ClN4/c1-2-3-4-13-18-12(14(15)19-13)10-17-9-11-5-7-16-8-6-11/h5-8,17H,2-4,9-10H2,1H3,(H,18,19). The van der Waals surface area contributed by atoms with E-state index in [9.17, 15) is 0 Å². The average Bonchev–Trinajstić information content (AvgIpc) is 2.78. The number of aromatic nitrogens is 3. The number of aromatic amines is 1. The summed E-state index contributed by atoms with van der Waals surface area (Å²) >= 11 is 6.11. The molecule has 2 rings (SSSR count). The van der Waals surface area contributed by atoms with Gasteiger partial charge in [0.05, 0.1) is 5.69 Å². The predicted molar refractivity (Wildman–Crippen MR) is 77.0 cm³/mol. The molecule has 4 nitrogen and oxygen atoms in total. The number of halogens is 1. The molecule has 0 unspecified atom stereocenters. The summed E-state index contributed by atoms with van der Waals surface area (Å²) in [5, 5.41) is 3.92. The number of rotatable bonds is 7. The Morgan fingerprint density at radius 2 is 2.05 bits per heavy atom. The van der Waals surface area contributed by atoms with E-state index in [1.54, 1.807) is 12.4 Å². The Balaban J connectivity index is 1.84. The van der Waals surface area contributed by atoms with Gasteiger partial charge in [-0.3, -0.25) is 4.98 Å². The molecule has 0 aliphatic rings. The molecule has 0 bridgehead atoms. The van der Waals surface area contributed by atoms with Gasteiger partial charge in [-0.1, -0.05) is 24.9 Å². The maximum atomic E-state index is 6.11. The number of H-pyrrole nitrogens is 1. The van der Waals surface area contributed by atoms with Crippen molar-refractivity contribution >= 4 is 11.6 Å². The van der Waals surface area contributed by atoms with Crippen molar-refractivity contribution in [2.75, 3.05) is 0 Å². The summed E-state index contributed by atoms with van der Waals surface area (Å²) in [6, 6.07) is 3.99. The first-order valence-corrected chi connectivity index (χ1v) is 7.00. The number of hydrogen-bond acceptors (Lipinski definition) is 3. The van der Waals surface area contributed by atoms with Gasteiger partial charge in [0.25, 0.3) is 0 Å². The lowest BCUT2D eigenvalue weighted by molar-refractivity contribution is 0.678. The molecule has 0 radical (unpaired) electrons. The van der Waals surface area contributed by atoms with E-state index in [1.807, 2.05) is 12.1 Å². The van der Waals surface area contributed by atoms with E-state index in [-0.39, 0.29) is 0 Å². The van der Waals surface area contributed by atoms with Gasteiger partial charge >= 0.3 is 0 Å². The van der Waals surface area contributed by atoms with Crippen molar-refractivity contribution in [3.63, 3.8) is 0 Å². The molecule has 2 N–H and O–H groups in total. The van der Waals surface area contributed by atoms with Crippen molar-refractivity contribution in [2.45, 2.75) is 39.3 Å². The molecular weight excluding hydrogens is 260 g/mol. The SMILES string of the molecule is CCCCc1nc(Cl)c(CNCc2ccncc2)[nH]1. The Morgan fingerprint density at radius 3 is 2.79 bits per heavy atom. The highest BCUT2D eigenvalue weighted by atomic mass is 35.5. The van der Waals surface area contributed by atoms with Crippen molar-refractivity contribution < 1.29 is 0 Å². The second-order valence-corrected chi connectivity index (χ2v) is 4.87. The van der Waals surface area contributed by atoms with Gasteiger partial charge in [0.2, 0.25) is 0 Å². The monoisotopic (exact) mass is 278 g/mol. The first-order valence-electron chi connectivity index (χ1n) is 6.62. The first-order chi connectivity index (χ1) is 9.29. The summed E-state index contributed by atoms with van der Waals surface area (Å²) in [4.78, 5) is 11.6. The first kappa shape index (κ1) is 14.0. The van der Waals surface area contributed by atoms with Crippen LogP contribution in [0.25, 0.3) is 0 Å². The largest absolute Gasteiger partial charge is 0.344 e. The second-order valence-electron chi connectivity index (χ2n) is 4.52. The molecule has 0 aliphatic carbocycles. The van der Waals surface area contributed by atoms with Gasteiger partial charge in [-0.05, 0) is 24.1 Å². The minimum absolute atomic E-state index is 0.577. The third-order valence-electron chi connectivity index (χ3n) is 2.92. The summed E-state index contributed by atoms with van der Waals surface area (Å²) in [6.07, 6.45) is 6.84. The van der Waals surface area contributed by atoms with Crippen LogP contribution in [-0.4, -0.2) is 15.0 Å². The van der Waals surface area contributed by atoms with Crippen LogP contribution in [0.15, 0.2) is 24.5 Å². The molecule has 0 aromatic carbocycles. The lowest BCUT2D eigenvalue weighted by Crippen LogP contribution is -2.13.